The average Bonchev–Trinajstić information content (AvgIpc) is 2.68. The molecule has 3 rings (SSSR count). The third kappa shape index (κ3) is 4.97. The van der Waals surface area contributed by atoms with Gasteiger partial charge in [-0.3, -0.25) is 4.79 Å². The molecule has 0 fully saturated rings. The lowest BCUT2D eigenvalue weighted by molar-refractivity contribution is -0.137. The summed E-state index contributed by atoms with van der Waals surface area (Å²) in [6.45, 7) is 0. The van der Waals surface area contributed by atoms with E-state index in [-0.39, 0.29) is 12.2 Å². The van der Waals surface area contributed by atoms with Crippen molar-refractivity contribution >= 4 is 11.5 Å². The molecule has 0 aromatic heterocycles. The Kier molecular flexibility index (Phi) is 5.60. The topological polar surface area (TPSA) is 29.1 Å². The van der Waals surface area contributed by atoms with Crippen LogP contribution in [0.25, 0.3) is 0 Å². The van der Waals surface area contributed by atoms with Gasteiger partial charge in [0.1, 0.15) is 0 Å². The second-order valence-electron chi connectivity index (χ2n) is 6.18. The van der Waals surface area contributed by atoms with E-state index in [1.54, 1.807) is 24.3 Å². The van der Waals surface area contributed by atoms with E-state index < -0.39 is 17.8 Å². The zero-order valence-corrected chi connectivity index (χ0v) is 14.4. The number of carbonyl (C=O) groups is 1. The van der Waals surface area contributed by atoms with Crippen molar-refractivity contribution in [1.29, 1.82) is 0 Å². The predicted molar refractivity (Wildman–Crippen MR) is 99.6 cm³/mol. The van der Waals surface area contributed by atoms with Gasteiger partial charge in [0.05, 0.1) is 11.6 Å². The Morgan fingerprint density at radius 1 is 0.815 bits per heavy atom. The highest BCUT2D eigenvalue weighted by molar-refractivity contribution is 5.96. The normalized spacial score (nSPS) is 12.4. The Hall–Kier alpha value is -3.08. The Balaban J connectivity index is 1.86. The van der Waals surface area contributed by atoms with Crippen LogP contribution in [0, 0.1) is 0 Å². The summed E-state index contributed by atoms with van der Waals surface area (Å²) < 4.78 is 38.5. The largest absolute Gasteiger partial charge is 0.416 e. The maximum absolute atomic E-state index is 12.8. The summed E-state index contributed by atoms with van der Waals surface area (Å²) in [6.07, 6.45) is -4.26. The Morgan fingerprint density at radius 2 is 1.37 bits per heavy atom. The summed E-state index contributed by atoms with van der Waals surface area (Å²) in [5, 5.41) is 3.25. The molecule has 0 radical (unpaired) electrons. The number of anilines is 1. The van der Waals surface area contributed by atoms with Gasteiger partial charge in [-0.2, -0.15) is 13.2 Å². The van der Waals surface area contributed by atoms with Gasteiger partial charge in [0.25, 0.3) is 0 Å². The summed E-state index contributed by atoms with van der Waals surface area (Å²) in [4.78, 5) is 12.6. The summed E-state index contributed by atoms with van der Waals surface area (Å²) >= 11 is 0. The van der Waals surface area contributed by atoms with Gasteiger partial charge in [0, 0.05) is 17.7 Å². The van der Waals surface area contributed by atoms with Gasteiger partial charge in [-0.1, -0.05) is 60.7 Å². The molecular weight excluding hydrogens is 351 g/mol. The number of alkyl halides is 3. The van der Waals surface area contributed by atoms with Crippen molar-refractivity contribution in [1.82, 2.24) is 0 Å². The van der Waals surface area contributed by atoms with E-state index in [4.69, 9.17) is 0 Å². The highest BCUT2D eigenvalue weighted by Crippen LogP contribution is 2.31. The van der Waals surface area contributed by atoms with Crippen molar-refractivity contribution in [2.45, 2.75) is 18.6 Å². The molecule has 2 nitrogen and oxygen atoms in total. The van der Waals surface area contributed by atoms with E-state index in [1.165, 1.54) is 12.1 Å². The highest BCUT2D eigenvalue weighted by atomic mass is 19.4. The summed E-state index contributed by atoms with van der Waals surface area (Å²) in [5.74, 6) is -0.0797. The highest BCUT2D eigenvalue weighted by Gasteiger charge is 2.30. The van der Waals surface area contributed by atoms with Crippen LogP contribution in [0.4, 0.5) is 18.9 Å². The fraction of sp³-hybridized carbons (Fsp3) is 0.136. The van der Waals surface area contributed by atoms with Gasteiger partial charge in [-0.15, -0.1) is 0 Å². The number of para-hydroxylation sites is 1. The smallest absolute Gasteiger partial charge is 0.378 e. The monoisotopic (exact) mass is 369 g/mol. The molecular formula is C22H18F3NO. The average molecular weight is 369 g/mol. The first-order chi connectivity index (χ1) is 12.9. The standard InChI is InChI=1S/C22H18F3NO/c23-22(24,25)18-13-11-16(12-14-18)20(26-19-9-5-2-6-10-19)15-21(27)17-7-3-1-4-8-17/h1-14,20,26H,15H2. The molecule has 0 heterocycles. The van der Waals surface area contributed by atoms with Crippen LogP contribution in [0.3, 0.4) is 0 Å². The van der Waals surface area contributed by atoms with Gasteiger partial charge in [0.2, 0.25) is 0 Å². The number of halogens is 3. The van der Waals surface area contributed by atoms with Crippen molar-refractivity contribution in [2.75, 3.05) is 5.32 Å². The molecule has 0 aliphatic rings. The van der Waals surface area contributed by atoms with Gasteiger partial charge < -0.3 is 5.32 Å². The number of hydrogen-bond donors (Lipinski definition) is 1. The first kappa shape index (κ1) is 18.7. The molecule has 0 saturated carbocycles. The molecule has 1 N–H and O–H groups in total. The van der Waals surface area contributed by atoms with Crippen LogP contribution in [-0.4, -0.2) is 5.78 Å². The second-order valence-corrected chi connectivity index (χ2v) is 6.18. The number of hydrogen-bond acceptors (Lipinski definition) is 2. The summed E-state index contributed by atoms with van der Waals surface area (Å²) in [6, 6.07) is 22.6. The Bertz CT molecular complexity index is 875. The Morgan fingerprint density at radius 3 is 1.93 bits per heavy atom. The maximum atomic E-state index is 12.8. The number of carbonyl (C=O) groups excluding carboxylic acids is 1. The minimum atomic E-state index is -4.39. The van der Waals surface area contributed by atoms with Crippen LogP contribution in [0.15, 0.2) is 84.9 Å². The van der Waals surface area contributed by atoms with Crippen LogP contribution in [0.2, 0.25) is 0 Å². The quantitative estimate of drug-likeness (QED) is 0.530. The molecule has 27 heavy (non-hydrogen) atoms. The molecule has 0 aliphatic carbocycles. The fourth-order valence-corrected chi connectivity index (χ4v) is 2.82. The van der Waals surface area contributed by atoms with Gasteiger partial charge in [0.15, 0.2) is 5.78 Å². The van der Waals surface area contributed by atoms with Gasteiger partial charge in [-0.05, 0) is 29.8 Å². The lowest BCUT2D eigenvalue weighted by atomic mass is 9.96. The first-order valence-electron chi connectivity index (χ1n) is 8.50. The maximum Gasteiger partial charge on any atom is 0.416 e. The molecule has 0 amide bonds. The number of ketones is 1. The van der Waals surface area contributed by atoms with Crippen LogP contribution in [0.1, 0.15) is 33.9 Å². The number of rotatable bonds is 6. The lowest BCUT2D eigenvalue weighted by Crippen LogP contribution is -2.16. The fourth-order valence-electron chi connectivity index (χ4n) is 2.82. The second kappa shape index (κ2) is 8.08. The summed E-state index contributed by atoms with van der Waals surface area (Å²) in [7, 11) is 0. The van der Waals surface area contributed by atoms with E-state index in [0.717, 1.165) is 17.8 Å². The predicted octanol–water partition coefficient (Wildman–Crippen LogP) is 6.13. The van der Waals surface area contributed by atoms with Gasteiger partial charge in [-0.25, -0.2) is 0 Å². The van der Waals surface area contributed by atoms with Crippen molar-refractivity contribution in [3.63, 3.8) is 0 Å². The lowest BCUT2D eigenvalue weighted by Gasteiger charge is -2.21. The van der Waals surface area contributed by atoms with E-state index in [9.17, 15) is 18.0 Å². The van der Waals surface area contributed by atoms with Crippen LogP contribution >= 0.6 is 0 Å². The van der Waals surface area contributed by atoms with Gasteiger partial charge >= 0.3 is 6.18 Å². The van der Waals surface area contributed by atoms with Crippen molar-refractivity contribution in [3.8, 4) is 0 Å². The molecule has 0 spiro atoms. The minimum Gasteiger partial charge on any atom is -0.378 e. The molecule has 5 heteroatoms. The van der Waals surface area contributed by atoms with E-state index in [1.807, 2.05) is 36.4 Å². The van der Waals surface area contributed by atoms with E-state index >= 15 is 0 Å². The van der Waals surface area contributed by atoms with Crippen LogP contribution in [-0.2, 0) is 6.18 Å². The van der Waals surface area contributed by atoms with E-state index in [2.05, 4.69) is 5.32 Å². The van der Waals surface area contributed by atoms with Crippen LogP contribution < -0.4 is 5.32 Å². The zero-order valence-electron chi connectivity index (χ0n) is 14.4. The summed E-state index contributed by atoms with van der Waals surface area (Å²) in [5.41, 5.74) is 1.28. The molecule has 3 aromatic carbocycles. The molecule has 1 atom stereocenters. The minimum absolute atomic E-state index is 0.0797. The molecule has 0 bridgehead atoms. The molecule has 0 aliphatic heterocycles. The molecule has 3 aromatic rings. The third-order valence-corrected chi connectivity index (χ3v) is 4.24. The third-order valence-electron chi connectivity index (χ3n) is 4.24. The number of nitrogens with one attached hydrogen (secondary N) is 1. The Labute approximate surface area is 155 Å². The number of benzene rings is 3. The number of Topliss-reactive ketones (excluding diaryl/α,β-unsaturated/α-hetero) is 1. The zero-order chi connectivity index (χ0) is 19.3. The first-order valence-corrected chi connectivity index (χ1v) is 8.50. The van der Waals surface area contributed by atoms with Crippen molar-refractivity contribution in [3.05, 3.63) is 102 Å². The van der Waals surface area contributed by atoms with E-state index in [0.29, 0.717) is 11.1 Å². The molecule has 138 valence electrons. The SMILES string of the molecule is O=C(CC(Nc1ccccc1)c1ccc(C(F)(F)F)cc1)c1ccccc1. The molecule has 0 saturated heterocycles. The van der Waals surface area contributed by atoms with Crippen molar-refractivity contribution < 1.29 is 18.0 Å². The molecule has 1 unspecified atom stereocenters. The van der Waals surface area contributed by atoms with Crippen molar-refractivity contribution in [2.24, 2.45) is 0 Å². The van der Waals surface area contributed by atoms with Crippen LogP contribution in [0.5, 0.6) is 0 Å².